The molecule has 0 aliphatic rings. The summed E-state index contributed by atoms with van der Waals surface area (Å²) in [6, 6.07) is 24.8. The first-order valence-corrected chi connectivity index (χ1v) is 9.52. The van der Waals surface area contributed by atoms with E-state index in [0.717, 1.165) is 0 Å². The molecule has 0 heterocycles. The molecule has 4 aromatic rings. The lowest BCUT2D eigenvalue weighted by atomic mass is 10.0. The highest BCUT2D eigenvalue weighted by atomic mass is 19.1. The Hall–Kier alpha value is -4.25. The summed E-state index contributed by atoms with van der Waals surface area (Å²) >= 11 is 0. The van der Waals surface area contributed by atoms with Crippen LogP contribution in [0.25, 0.3) is 0 Å². The molecule has 0 unspecified atom stereocenters. The number of rotatable bonds is 6. The van der Waals surface area contributed by atoms with Crippen molar-refractivity contribution in [3.05, 3.63) is 125 Å². The van der Waals surface area contributed by atoms with Crippen molar-refractivity contribution in [2.75, 3.05) is 0 Å². The number of phenols is 1. The molecule has 0 bridgehead atoms. The Kier molecular flexibility index (Phi) is 5.58. The van der Waals surface area contributed by atoms with E-state index in [1.807, 2.05) is 0 Å². The summed E-state index contributed by atoms with van der Waals surface area (Å²) in [5.74, 6) is -0.470. The van der Waals surface area contributed by atoms with Gasteiger partial charge in [0.1, 0.15) is 23.1 Å². The van der Waals surface area contributed by atoms with Crippen molar-refractivity contribution in [2.45, 2.75) is 0 Å². The van der Waals surface area contributed by atoms with Gasteiger partial charge in [0, 0.05) is 16.7 Å². The minimum atomic E-state index is -0.488. The van der Waals surface area contributed by atoms with Gasteiger partial charge in [0.2, 0.25) is 0 Å². The number of ketones is 2. The van der Waals surface area contributed by atoms with Crippen LogP contribution >= 0.6 is 0 Å². The third-order valence-electron chi connectivity index (χ3n) is 4.65. The highest BCUT2D eigenvalue weighted by Crippen LogP contribution is 2.29. The highest BCUT2D eigenvalue weighted by Gasteiger charge is 2.16. The molecule has 0 radical (unpaired) electrons. The van der Waals surface area contributed by atoms with Gasteiger partial charge < -0.3 is 9.84 Å². The first-order valence-electron chi connectivity index (χ1n) is 9.52. The lowest BCUT2D eigenvalue weighted by Gasteiger charge is -2.12. The van der Waals surface area contributed by atoms with E-state index in [1.54, 1.807) is 66.7 Å². The largest absolute Gasteiger partial charge is 0.508 e. The van der Waals surface area contributed by atoms with Gasteiger partial charge in [-0.25, -0.2) is 4.39 Å². The molecule has 0 spiro atoms. The van der Waals surface area contributed by atoms with Crippen molar-refractivity contribution in [2.24, 2.45) is 0 Å². The summed E-state index contributed by atoms with van der Waals surface area (Å²) in [5, 5.41) is 9.67. The lowest BCUT2D eigenvalue weighted by Crippen LogP contribution is -2.04. The summed E-state index contributed by atoms with van der Waals surface area (Å²) in [7, 11) is 0. The van der Waals surface area contributed by atoms with Gasteiger partial charge in [0.05, 0.1) is 5.56 Å². The fourth-order valence-corrected chi connectivity index (χ4v) is 3.17. The van der Waals surface area contributed by atoms with E-state index >= 15 is 0 Å². The highest BCUT2D eigenvalue weighted by molar-refractivity contribution is 6.11. The Balaban J connectivity index is 1.63. The van der Waals surface area contributed by atoms with Crippen LogP contribution in [0.5, 0.6) is 17.2 Å². The van der Waals surface area contributed by atoms with Crippen molar-refractivity contribution in [1.82, 2.24) is 0 Å². The standard InChI is InChI=1S/C26H17FO4/c27-20-9-3-6-17(14-20)25(29)19-8-5-11-22(16-19)31-24-13-2-1-12-23(24)26(30)18-7-4-10-21(28)15-18/h1-16,28H. The quantitative estimate of drug-likeness (QED) is 0.408. The van der Waals surface area contributed by atoms with Gasteiger partial charge in [-0.15, -0.1) is 0 Å². The number of halogens is 1. The molecule has 1 N–H and O–H groups in total. The van der Waals surface area contributed by atoms with E-state index in [2.05, 4.69) is 0 Å². The second-order valence-electron chi connectivity index (χ2n) is 6.84. The van der Waals surface area contributed by atoms with Crippen LogP contribution in [0.4, 0.5) is 4.39 Å². The Morgan fingerprint density at radius 2 is 1.32 bits per heavy atom. The lowest BCUT2D eigenvalue weighted by molar-refractivity contribution is 0.102. The van der Waals surface area contributed by atoms with Crippen LogP contribution in [0.15, 0.2) is 97.1 Å². The van der Waals surface area contributed by atoms with Crippen LogP contribution in [0.3, 0.4) is 0 Å². The molecule has 0 amide bonds. The van der Waals surface area contributed by atoms with Crippen LogP contribution in [-0.2, 0) is 0 Å². The zero-order valence-corrected chi connectivity index (χ0v) is 16.3. The van der Waals surface area contributed by atoms with Gasteiger partial charge in [-0.1, -0.05) is 48.5 Å². The van der Waals surface area contributed by atoms with Crippen LogP contribution in [-0.4, -0.2) is 16.7 Å². The van der Waals surface area contributed by atoms with Gasteiger partial charge in [0.15, 0.2) is 11.6 Å². The molecular weight excluding hydrogens is 395 g/mol. The molecule has 0 fully saturated rings. The Bertz CT molecular complexity index is 1280. The van der Waals surface area contributed by atoms with E-state index in [0.29, 0.717) is 28.2 Å². The zero-order chi connectivity index (χ0) is 21.8. The zero-order valence-electron chi connectivity index (χ0n) is 16.3. The molecule has 0 saturated heterocycles. The number of benzene rings is 4. The SMILES string of the molecule is O=C(c1cccc(F)c1)c1cccc(Oc2ccccc2C(=O)c2cccc(O)c2)c1. The number of hydrogen-bond acceptors (Lipinski definition) is 4. The van der Waals surface area contributed by atoms with Crippen LogP contribution in [0, 0.1) is 5.82 Å². The maximum atomic E-state index is 13.5. The Morgan fingerprint density at radius 3 is 2.06 bits per heavy atom. The fraction of sp³-hybridized carbons (Fsp3) is 0. The maximum Gasteiger partial charge on any atom is 0.196 e. The van der Waals surface area contributed by atoms with Crippen LogP contribution in [0.2, 0.25) is 0 Å². The van der Waals surface area contributed by atoms with Crippen molar-refractivity contribution >= 4 is 11.6 Å². The molecule has 31 heavy (non-hydrogen) atoms. The van der Waals surface area contributed by atoms with Crippen molar-refractivity contribution in [3.63, 3.8) is 0 Å². The summed E-state index contributed by atoms with van der Waals surface area (Å²) in [6.07, 6.45) is 0. The van der Waals surface area contributed by atoms with Gasteiger partial charge in [-0.3, -0.25) is 9.59 Å². The molecule has 4 rings (SSSR count). The summed E-state index contributed by atoms with van der Waals surface area (Å²) in [6.45, 7) is 0. The van der Waals surface area contributed by atoms with Crippen molar-refractivity contribution in [3.8, 4) is 17.2 Å². The molecule has 4 nitrogen and oxygen atoms in total. The van der Waals surface area contributed by atoms with Gasteiger partial charge in [-0.05, 0) is 48.5 Å². The van der Waals surface area contributed by atoms with Crippen LogP contribution in [0.1, 0.15) is 31.8 Å². The predicted molar refractivity (Wildman–Crippen MR) is 114 cm³/mol. The third-order valence-corrected chi connectivity index (χ3v) is 4.65. The monoisotopic (exact) mass is 412 g/mol. The number of hydrogen-bond donors (Lipinski definition) is 1. The van der Waals surface area contributed by atoms with E-state index in [-0.39, 0.29) is 22.9 Å². The number of phenolic OH excluding ortho intramolecular Hbond substituents is 1. The van der Waals surface area contributed by atoms with Crippen molar-refractivity contribution < 1.29 is 23.8 Å². The molecule has 0 aliphatic carbocycles. The molecular formula is C26H17FO4. The van der Waals surface area contributed by atoms with Gasteiger partial charge in [-0.2, -0.15) is 0 Å². The van der Waals surface area contributed by atoms with Crippen LogP contribution < -0.4 is 4.74 Å². The molecule has 0 saturated carbocycles. The predicted octanol–water partition coefficient (Wildman–Crippen LogP) is 5.79. The number of ether oxygens (including phenoxy) is 1. The normalized spacial score (nSPS) is 10.5. The first-order chi connectivity index (χ1) is 15.0. The smallest absolute Gasteiger partial charge is 0.196 e. The second kappa shape index (κ2) is 8.63. The van der Waals surface area contributed by atoms with Gasteiger partial charge >= 0.3 is 0 Å². The summed E-state index contributed by atoms with van der Waals surface area (Å²) in [5.41, 5.74) is 1.21. The number of para-hydroxylation sites is 1. The Labute approximate surface area is 178 Å². The molecule has 5 heteroatoms. The summed E-state index contributed by atoms with van der Waals surface area (Å²) < 4.78 is 19.4. The topological polar surface area (TPSA) is 63.6 Å². The molecule has 152 valence electrons. The average molecular weight is 412 g/mol. The maximum absolute atomic E-state index is 13.5. The third kappa shape index (κ3) is 4.51. The van der Waals surface area contributed by atoms with E-state index in [9.17, 15) is 19.1 Å². The van der Waals surface area contributed by atoms with E-state index in [4.69, 9.17) is 4.74 Å². The Morgan fingerprint density at radius 1 is 0.677 bits per heavy atom. The summed E-state index contributed by atoms with van der Waals surface area (Å²) in [4.78, 5) is 25.6. The molecule has 4 aromatic carbocycles. The van der Waals surface area contributed by atoms with E-state index < -0.39 is 5.82 Å². The number of aromatic hydroxyl groups is 1. The number of carbonyl (C=O) groups excluding carboxylic acids is 2. The van der Waals surface area contributed by atoms with E-state index in [1.165, 1.54) is 30.3 Å². The molecule has 0 aromatic heterocycles. The average Bonchev–Trinajstić information content (AvgIpc) is 2.79. The second-order valence-corrected chi connectivity index (χ2v) is 6.84. The first kappa shape index (κ1) is 20.0. The fourth-order valence-electron chi connectivity index (χ4n) is 3.17. The molecule has 0 aliphatic heterocycles. The minimum Gasteiger partial charge on any atom is -0.508 e. The number of carbonyl (C=O) groups is 2. The molecule has 0 atom stereocenters. The van der Waals surface area contributed by atoms with Crippen molar-refractivity contribution in [1.29, 1.82) is 0 Å². The minimum absolute atomic E-state index is 0.00666. The van der Waals surface area contributed by atoms with Gasteiger partial charge in [0.25, 0.3) is 0 Å².